The highest BCUT2D eigenvalue weighted by molar-refractivity contribution is 5.56. The third kappa shape index (κ3) is 4.29. The van der Waals surface area contributed by atoms with Gasteiger partial charge in [-0.25, -0.2) is 0 Å². The number of pyridine rings is 1. The van der Waals surface area contributed by atoms with Crippen molar-refractivity contribution in [1.29, 1.82) is 0 Å². The van der Waals surface area contributed by atoms with Crippen molar-refractivity contribution in [2.75, 3.05) is 18.5 Å². The Bertz CT molecular complexity index is 407. The summed E-state index contributed by atoms with van der Waals surface area (Å²) in [6.45, 7) is 4.87. The van der Waals surface area contributed by atoms with E-state index in [9.17, 15) is 10.1 Å². The fourth-order valence-corrected chi connectivity index (χ4v) is 1.66. The van der Waals surface area contributed by atoms with Crippen molar-refractivity contribution >= 4 is 11.5 Å². The van der Waals surface area contributed by atoms with Crippen LogP contribution in [0, 0.1) is 15.5 Å². The fourth-order valence-electron chi connectivity index (χ4n) is 1.66. The SMILES string of the molecule is CC(C)(CCCO)CNc1cccnc1[N+](=O)[O-]. The third-order valence-electron chi connectivity index (χ3n) is 2.73. The molecule has 0 atom stereocenters. The molecule has 0 radical (unpaired) electrons. The van der Waals surface area contributed by atoms with Crippen LogP contribution in [0.3, 0.4) is 0 Å². The van der Waals surface area contributed by atoms with Crippen molar-refractivity contribution < 1.29 is 10.0 Å². The normalized spacial score (nSPS) is 11.3. The first-order valence-electron chi connectivity index (χ1n) is 5.90. The minimum atomic E-state index is -0.497. The van der Waals surface area contributed by atoms with Crippen LogP contribution in [0.25, 0.3) is 0 Å². The summed E-state index contributed by atoms with van der Waals surface area (Å²) in [6, 6.07) is 3.31. The second-order valence-corrected chi connectivity index (χ2v) is 4.98. The van der Waals surface area contributed by atoms with Crippen molar-refractivity contribution in [3.8, 4) is 0 Å². The number of aliphatic hydroxyl groups excluding tert-OH is 1. The van der Waals surface area contributed by atoms with Gasteiger partial charge < -0.3 is 20.5 Å². The Morgan fingerprint density at radius 1 is 1.56 bits per heavy atom. The van der Waals surface area contributed by atoms with E-state index < -0.39 is 4.92 Å². The number of hydrogen-bond acceptors (Lipinski definition) is 5. The number of nitrogens with one attached hydrogen (secondary N) is 1. The Kier molecular flexibility index (Phi) is 5.03. The summed E-state index contributed by atoms with van der Waals surface area (Å²) in [5, 5.41) is 22.7. The summed E-state index contributed by atoms with van der Waals surface area (Å²) in [5.74, 6) is -0.157. The van der Waals surface area contributed by atoms with E-state index in [0.717, 1.165) is 12.8 Å². The largest absolute Gasteiger partial charge is 0.396 e. The van der Waals surface area contributed by atoms with Crippen molar-refractivity contribution in [3.05, 3.63) is 28.4 Å². The monoisotopic (exact) mass is 253 g/mol. The van der Waals surface area contributed by atoms with Crippen molar-refractivity contribution in [2.24, 2.45) is 5.41 Å². The summed E-state index contributed by atoms with van der Waals surface area (Å²) in [5.41, 5.74) is 0.395. The topological polar surface area (TPSA) is 88.3 Å². The van der Waals surface area contributed by atoms with Crippen LogP contribution in [0.15, 0.2) is 18.3 Å². The van der Waals surface area contributed by atoms with E-state index in [1.165, 1.54) is 6.20 Å². The van der Waals surface area contributed by atoms with E-state index in [-0.39, 0.29) is 17.8 Å². The van der Waals surface area contributed by atoms with Crippen LogP contribution >= 0.6 is 0 Å². The van der Waals surface area contributed by atoms with Gasteiger partial charge in [-0.3, -0.25) is 0 Å². The molecule has 0 saturated carbocycles. The van der Waals surface area contributed by atoms with E-state index in [1.54, 1.807) is 12.1 Å². The first kappa shape index (κ1) is 14.4. The lowest BCUT2D eigenvalue weighted by Gasteiger charge is -2.24. The number of aromatic nitrogens is 1. The lowest BCUT2D eigenvalue weighted by Crippen LogP contribution is -2.23. The Balaban J connectivity index is 2.65. The number of nitrogens with zero attached hydrogens (tertiary/aromatic N) is 2. The van der Waals surface area contributed by atoms with Gasteiger partial charge in [-0.15, -0.1) is 0 Å². The quantitative estimate of drug-likeness (QED) is 0.574. The average Bonchev–Trinajstić information content (AvgIpc) is 2.34. The van der Waals surface area contributed by atoms with E-state index in [1.807, 2.05) is 0 Å². The van der Waals surface area contributed by atoms with Crippen LogP contribution in [0.2, 0.25) is 0 Å². The van der Waals surface area contributed by atoms with Gasteiger partial charge in [0.2, 0.25) is 0 Å². The Labute approximate surface area is 106 Å². The van der Waals surface area contributed by atoms with Crippen LogP contribution in [0.4, 0.5) is 11.5 Å². The zero-order valence-corrected chi connectivity index (χ0v) is 10.7. The molecule has 0 spiro atoms. The highest BCUT2D eigenvalue weighted by atomic mass is 16.6. The maximum atomic E-state index is 10.8. The average molecular weight is 253 g/mol. The standard InChI is InChI=1S/C12H19N3O3/c1-12(2,6-4-8-16)9-14-10-5-3-7-13-11(10)15(17)18/h3,5,7,14,16H,4,6,8-9H2,1-2H3. The van der Waals surface area contributed by atoms with Gasteiger partial charge in [-0.05, 0) is 40.3 Å². The molecule has 0 aliphatic rings. The zero-order valence-electron chi connectivity index (χ0n) is 10.7. The second-order valence-electron chi connectivity index (χ2n) is 4.98. The molecule has 6 nitrogen and oxygen atoms in total. The molecule has 0 aliphatic carbocycles. The Morgan fingerprint density at radius 3 is 2.89 bits per heavy atom. The summed E-state index contributed by atoms with van der Waals surface area (Å²) in [6.07, 6.45) is 2.98. The first-order valence-corrected chi connectivity index (χ1v) is 5.90. The Hall–Kier alpha value is -1.69. The first-order chi connectivity index (χ1) is 8.46. The molecule has 6 heteroatoms. The van der Waals surface area contributed by atoms with Gasteiger partial charge in [-0.1, -0.05) is 13.8 Å². The van der Waals surface area contributed by atoms with Crippen LogP contribution in [-0.4, -0.2) is 28.2 Å². The van der Waals surface area contributed by atoms with Crippen LogP contribution in [-0.2, 0) is 0 Å². The smallest absolute Gasteiger partial charge is 0.386 e. The predicted molar refractivity (Wildman–Crippen MR) is 69.5 cm³/mol. The molecule has 0 saturated heterocycles. The van der Waals surface area contributed by atoms with Crippen molar-refractivity contribution in [2.45, 2.75) is 26.7 Å². The number of nitro groups is 1. The minimum absolute atomic E-state index is 0.0353. The maximum Gasteiger partial charge on any atom is 0.386 e. The van der Waals surface area contributed by atoms with Crippen molar-refractivity contribution in [3.63, 3.8) is 0 Å². The summed E-state index contributed by atoms with van der Waals surface area (Å²) in [7, 11) is 0. The lowest BCUT2D eigenvalue weighted by atomic mass is 9.88. The number of aliphatic hydroxyl groups is 1. The van der Waals surface area contributed by atoms with Gasteiger partial charge in [0.1, 0.15) is 11.9 Å². The highest BCUT2D eigenvalue weighted by Crippen LogP contribution is 2.25. The predicted octanol–water partition coefficient (Wildman–Crippen LogP) is 2.20. The Morgan fingerprint density at radius 2 is 2.28 bits per heavy atom. The molecular formula is C12H19N3O3. The molecule has 2 N–H and O–H groups in total. The molecule has 100 valence electrons. The summed E-state index contributed by atoms with van der Waals surface area (Å²) < 4.78 is 0. The van der Waals surface area contributed by atoms with Gasteiger partial charge in [0.05, 0.1) is 0 Å². The summed E-state index contributed by atoms with van der Waals surface area (Å²) >= 11 is 0. The molecule has 1 aromatic heterocycles. The van der Waals surface area contributed by atoms with Gasteiger partial charge >= 0.3 is 5.82 Å². The molecule has 0 fully saturated rings. The van der Waals surface area contributed by atoms with Gasteiger partial charge in [-0.2, -0.15) is 0 Å². The molecule has 0 amide bonds. The van der Waals surface area contributed by atoms with Crippen LogP contribution in [0.1, 0.15) is 26.7 Å². The van der Waals surface area contributed by atoms with Crippen molar-refractivity contribution in [1.82, 2.24) is 4.98 Å². The van der Waals surface area contributed by atoms with Gasteiger partial charge in [0.25, 0.3) is 0 Å². The molecule has 1 aromatic rings. The molecule has 0 unspecified atom stereocenters. The molecule has 1 heterocycles. The second kappa shape index (κ2) is 6.30. The number of anilines is 1. The highest BCUT2D eigenvalue weighted by Gasteiger charge is 2.20. The van der Waals surface area contributed by atoms with E-state index in [0.29, 0.717) is 12.2 Å². The maximum absolute atomic E-state index is 10.8. The molecular weight excluding hydrogens is 234 g/mol. The minimum Gasteiger partial charge on any atom is -0.396 e. The van der Waals surface area contributed by atoms with E-state index in [2.05, 4.69) is 24.1 Å². The molecule has 0 bridgehead atoms. The van der Waals surface area contributed by atoms with Gasteiger partial charge in [0.15, 0.2) is 0 Å². The molecule has 0 aliphatic heterocycles. The summed E-state index contributed by atoms with van der Waals surface area (Å²) in [4.78, 5) is 14.0. The van der Waals surface area contributed by atoms with E-state index in [4.69, 9.17) is 5.11 Å². The van der Waals surface area contributed by atoms with E-state index >= 15 is 0 Å². The van der Waals surface area contributed by atoms with Crippen LogP contribution in [0.5, 0.6) is 0 Å². The third-order valence-corrected chi connectivity index (χ3v) is 2.73. The zero-order chi connectivity index (χ0) is 13.6. The molecule has 0 aromatic carbocycles. The molecule has 1 rings (SSSR count). The van der Waals surface area contributed by atoms with Gasteiger partial charge in [0, 0.05) is 13.2 Å². The van der Waals surface area contributed by atoms with Crippen LogP contribution < -0.4 is 5.32 Å². The lowest BCUT2D eigenvalue weighted by molar-refractivity contribution is -0.388. The number of hydrogen-bond donors (Lipinski definition) is 2. The number of rotatable bonds is 7. The molecule has 18 heavy (non-hydrogen) atoms. The fraction of sp³-hybridized carbons (Fsp3) is 0.583.